The van der Waals surface area contributed by atoms with Gasteiger partial charge in [-0.15, -0.1) is 11.6 Å². The molecule has 3 nitrogen and oxygen atoms in total. The molecule has 0 aliphatic rings. The molecule has 0 spiro atoms. The third-order valence-electron chi connectivity index (χ3n) is 1.69. The van der Waals surface area contributed by atoms with E-state index in [-0.39, 0.29) is 5.78 Å². The van der Waals surface area contributed by atoms with E-state index < -0.39 is 0 Å². The molecule has 0 fully saturated rings. The average molecular weight is 199 g/mol. The Balaban J connectivity index is 2.71. The number of ketones is 1. The van der Waals surface area contributed by atoms with E-state index in [1.807, 2.05) is 0 Å². The summed E-state index contributed by atoms with van der Waals surface area (Å²) in [5.41, 5.74) is 6.57. The number of Topliss-reactive ketones (excluding diaryl/α,β-unsaturated/α-hetero) is 1. The predicted octanol–water partition coefficient (Wildman–Crippen LogP) is 1.87. The standard InChI is InChI=1S/C9H11ClN2O/c10-4-1-2-9(13)7-6-12-5-3-8(7)11/h3,5-6H,1-2,4H2,(H2,11,12). The van der Waals surface area contributed by atoms with Gasteiger partial charge in [-0.05, 0) is 12.5 Å². The minimum absolute atomic E-state index is 0.00579. The van der Waals surface area contributed by atoms with Crippen LogP contribution in [0.3, 0.4) is 0 Å². The third-order valence-corrected chi connectivity index (χ3v) is 1.96. The van der Waals surface area contributed by atoms with Gasteiger partial charge in [0.1, 0.15) is 0 Å². The van der Waals surface area contributed by atoms with E-state index in [9.17, 15) is 4.79 Å². The van der Waals surface area contributed by atoms with Crippen LogP contribution < -0.4 is 5.73 Å². The lowest BCUT2D eigenvalue weighted by molar-refractivity contribution is 0.0982. The van der Waals surface area contributed by atoms with Crippen molar-refractivity contribution in [1.82, 2.24) is 4.98 Å². The molecule has 0 atom stereocenters. The second kappa shape index (κ2) is 4.82. The molecular formula is C9H11ClN2O. The van der Waals surface area contributed by atoms with E-state index in [4.69, 9.17) is 17.3 Å². The summed E-state index contributed by atoms with van der Waals surface area (Å²) in [7, 11) is 0. The predicted molar refractivity (Wildman–Crippen MR) is 52.9 cm³/mol. The summed E-state index contributed by atoms with van der Waals surface area (Å²) in [6.07, 6.45) is 4.16. The lowest BCUT2D eigenvalue weighted by Crippen LogP contribution is -2.04. The summed E-state index contributed by atoms with van der Waals surface area (Å²) in [5, 5.41) is 0. The number of hydrogen-bond acceptors (Lipinski definition) is 3. The number of rotatable bonds is 4. The Morgan fingerprint density at radius 2 is 2.38 bits per heavy atom. The number of carbonyl (C=O) groups excluding carboxylic acids is 1. The lowest BCUT2D eigenvalue weighted by Gasteiger charge is -2.01. The van der Waals surface area contributed by atoms with E-state index in [2.05, 4.69) is 4.98 Å². The zero-order chi connectivity index (χ0) is 9.68. The maximum atomic E-state index is 11.4. The van der Waals surface area contributed by atoms with Gasteiger partial charge in [-0.1, -0.05) is 0 Å². The van der Waals surface area contributed by atoms with Crippen molar-refractivity contribution in [2.24, 2.45) is 0 Å². The monoisotopic (exact) mass is 198 g/mol. The number of nitrogens with two attached hydrogens (primary N) is 1. The van der Waals surface area contributed by atoms with Crippen molar-refractivity contribution in [3.05, 3.63) is 24.0 Å². The number of anilines is 1. The first-order chi connectivity index (χ1) is 6.25. The van der Waals surface area contributed by atoms with Crippen molar-refractivity contribution in [2.45, 2.75) is 12.8 Å². The zero-order valence-electron chi connectivity index (χ0n) is 7.16. The smallest absolute Gasteiger partial charge is 0.166 e. The van der Waals surface area contributed by atoms with Crippen molar-refractivity contribution in [3.63, 3.8) is 0 Å². The first-order valence-corrected chi connectivity index (χ1v) is 4.58. The lowest BCUT2D eigenvalue weighted by atomic mass is 10.1. The van der Waals surface area contributed by atoms with E-state index in [1.165, 1.54) is 6.20 Å². The topological polar surface area (TPSA) is 56.0 Å². The molecule has 0 saturated heterocycles. The maximum Gasteiger partial charge on any atom is 0.166 e. The second-order valence-electron chi connectivity index (χ2n) is 2.68. The van der Waals surface area contributed by atoms with Gasteiger partial charge in [0, 0.05) is 30.4 Å². The van der Waals surface area contributed by atoms with Gasteiger partial charge < -0.3 is 5.73 Å². The Morgan fingerprint density at radius 1 is 1.62 bits per heavy atom. The minimum Gasteiger partial charge on any atom is -0.398 e. The number of nitrogens with zero attached hydrogens (tertiary/aromatic N) is 1. The summed E-state index contributed by atoms with van der Waals surface area (Å²) < 4.78 is 0. The number of nitrogen functional groups attached to an aromatic ring is 1. The van der Waals surface area contributed by atoms with Crippen molar-refractivity contribution < 1.29 is 4.79 Å². The Bertz CT molecular complexity index is 301. The number of pyridine rings is 1. The summed E-state index contributed by atoms with van der Waals surface area (Å²) in [6.45, 7) is 0. The second-order valence-corrected chi connectivity index (χ2v) is 3.06. The molecule has 1 aromatic heterocycles. The fourth-order valence-corrected chi connectivity index (χ4v) is 1.13. The van der Waals surface area contributed by atoms with E-state index >= 15 is 0 Å². The van der Waals surface area contributed by atoms with Crippen molar-refractivity contribution in [3.8, 4) is 0 Å². The molecule has 0 aliphatic heterocycles. The van der Waals surface area contributed by atoms with Crippen LogP contribution in [0.2, 0.25) is 0 Å². The van der Waals surface area contributed by atoms with Crippen LogP contribution in [0.5, 0.6) is 0 Å². The number of halogens is 1. The molecule has 0 aromatic carbocycles. The molecule has 2 N–H and O–H groups in total. The summed E-state index contributed by atoms with van der Waals surface area (Å²) >= 11 is 5.47. The van der Waals surface area contributed by atoms with Crippen LogP contribution in [0, 0.1) is 0 Å². The molecule has 0 radical (unpaired) electrons. The normalized spacial score (nSPS) is 9.92. The van der Waals surface area contributed by atoms with Crippen LogP contribution in [-0.2, 0) is 0 Å². The summed E-state index contributed by atoms with van der Waals surface area (Å²) in [5.74, 6) is 0.498. The molecule has 1 heterocycles. The summed E-state index contributed by atoms with van der Waals surface area (Å²) in [4.78, 5) is 15.3. The molecule has 1 rings (SSSR count). The fourth-order valence-electron chi connectivity index (χ4n) is 1.00. The van der Waals surface area contributed by atoms with Gasteiger partial charge in [-0.2, -0.15) is 0 Å². The minimum atomic E-state index is 0.00579. The number of hydrogen-bond donors (Lipinski definition) is 1. The molecule has 0 amide bonds. The molecule has 1 aromatic rings. The van der Waals surface area contributed by atoms with Crippen LogP contribution in [0.1, 0.15) is 23.2 Å². The Hall–Kier alpha value is -1.09. The highest BCUT2D eigenvalue weighted by Gasteiger charge is 2.08. The Labute approximate surface area is 81.9 Å². The van der Waals surface area contributed by atoms with Gasteiger partial charge >= 0.3 is 0 Å². The Kier molecular flexibility index (Phi) is 3.71. The van der Waals surface area contributed by atoms with Crippen molar-refractivity contribution >= 4 is 23.1 Å². The molecule has 70 valence electrons. The van der Waals surface area contributed by atoms with E-state index in [0.717, 1.165) is 0 Å². The van der Waals surface area contributed by atoms with Gasteiger partial charge in [0.15, 0.2) is 5.78 Å². The molecule has 4 heteroatoms. The first kappa shape index (κ1) is 9.99. The largest absolute Gasteiger partial charge is 0.398 e. The Morgan fingerprint density at radius 3 is 3.00 bits per heavy atom. The number of alkyl halides is 1. The first-order valence-electron chi connectivity index (χ1n) is 4.04. The fraction of sp³-hybridized carbons (Fsp3) is 0.333. The van der Waals surface area contributed by atoms with Gasteiger partial charge in [0.05, 0.1) is 5.56 Å². The third kappa shape index (κ3) is 2.70. The van der Waals surface area contributed by atoms with Crippen molar-refractivity contribution in [1.29, 1.82) is 0 Å². The van der Waals surface area contributed by atoms with Crippen LogP contribution >= 0.6 is 11.6 Å². The highest BCUT2D eigenvalue weighted by molar-refractivity contribution is 6.18. The zero-order valence-corrected chi connectivity index (χ0v) is 7.92. The van der Waals surface area contributed by atoms with Crippen LogP contribution in [0.4, 0.5) is 5.69 Å². The van der Waals surface area contributed by atoms with E-state index in [0.29, 0.717) is 30.0 Å². The number of aromatic nitrogens is 1. The highest BCUT2D eigenvalue weighted by atomic mass is 35.5. The van der Waals surface area contributed by atoms with Crippen LogP contribution in [0.15, 0.2) is 18.5 Å². The molecular weight excluding hydrogens is 188 g/mol. The van der Waals surface area contributed by atoms with Gasteiger partial charge in [-0.3, -0.25) is 9.78 Å². The quantitative estimate of drug-likeness (QED) is 0.594. The van der Waals surface area contributed by atoms with Crippen molar-refractivity contribution in [2.75, 3.05) is 11.6 Å². The number of carbonyl (C=O) groups is 1. The molecule has 0 saturated carbocycles. The summed E-state index contributed by atoms with van der Waals surface area (Å²) in [6, 6.07) is 1.62. The van der Waals surface area contributed by atoms with Gasteiger partial charge in [0.25, 0.3) is 0 Å². The van der Waals surface area contributed by atoms with Crippen LogP contribution in [0.25, 0.3) is 0 Å². The van der Waals surface area contributed by atoms with Gasteiger partial charge in [0.2, 0.25) is 0 Å². The molecule has 13 heavy (non-hydrogen) atoms. The van der Waals surface area contributed by atoms with E-state index in [1.54, 1.807) is 12.3 Å². The maximum absolute atomic E-state index is 11.4. The average Bonchev–Trinajstić information content (AvgIpc) is 2.15. The SMILES string of the molecule is Nc1ccncc1C(=O)CCCCl. The molecule has 0 bridgehead atoms. The van der Waals surface area contributed by atoms with Crippen LogP contribution in [-0.4, -0.2) is 16.6 Å². The highest BCUT2D eigenvalue weighted by Crippen LogP contribution is 2.12. The van der Waals surface area contributed by atoms with Gasteiger partial charge in [-0.25, -0.2) is 0 Å². The molecule has 0 aliphatic carbocycles. The molecule has 0 unspecified atom stereocenters.